The Morgan fingerprint density at radius 1 is 1.16 bits per heavy atom. The van der Waals surface area contributed by atoms with Gasteiger partial charge >= 0.3 is 6.03 Å². The van der Waals surface area contributed by atoms with Gasteiger partial charge in [-0.15, -0.1) is 0 Å². The molecule has 2 rings (SSSR count). The van der Waals surface area contributed by atoms with Crippen LogP contribution in [0.25, 0.3) is 0 Å². The standard InChI is InChI=1S/C17H23N5O3/c1-12(14-6-5-13(24-2)11-15(14)25-3)22-17(23)21-10-9-20-16-18-7-4-8-19-16/h4-8,11-12H,9-10H2,1-3H3,(H,18,19,20)(H2,21,22,23)/t12-/m0/s1. The smallest absolute Gasteiger partial charge is 0.315 e. The van der Waals surface area contributed by atoms with Crippen LogP contribution < -0.4 is 25.4 Å². The molecule has 1 heterocycles. The molecule has 1 aromatic carbocycles. The van der Waals surface area contributed by atoms with E-state index in [1.165, 1.54) is 0 Å². The molecule has 0 aliphatic carbocycles. The van der Waals surface area contributed by atoms with Gasteiger partial charge in [-0.25, -0.2) is 14.8 Å². The van der Waals surface area contributed by atoms with Crippen LogP contribution in [0, 0.1) is 0 Å². The minimum absolute atomic E-state index is 0.216. The molecule has 8 heteroatoms. The van der Waals surface area contributed by atoms with Gasteiger partial charge < -0.3 is 25.4 Å². The van der Waals surface area contributed by atoms with Crippen LogP contribution in [0.3, 0.4) is 0 Å². The zero-order chi connectivity index (χ0) is 18.1. The normalized spacial score (nSPS) is 11.3. The number of nitrogens with zero attached hydrogens (tertiary/aromatic N) is 2. The zero-order valence-electron chi connectivity index (χ0n) is 14.6. The van der Waals surface area contributed by atoms with E-state index in [1.807, 2.05) is 19.1 Å². The molecule has 0 saturated carbocycles. The third kappa shape index (κ3) is 5.52. The minimum Gasteiger partial charge on any atom is -0.497 e. The number of urea groups is 1. The summed E-state index contributed by atoms with van der Waals surface area (Å²) in [6.45, 7) is 2.86. The van der Waals surface area contributed by atoms with Crippen molar-refractivity contribution in [1.82, 2.24) is 20.6 Å². The van der Waals surface area contributed by atoms with Gasteiger partial charge in [0.15, 0.2) is 0 Å². The lowest BCUT2D eigenvalue weighted by Crippen LogP contribution is -2.39. The Kier molecular flexibility index (Phi) is 6.82. The minimum atomic E-state index is -0.263. The molecule has 1 aromatic heterocycles. The average Bonchev–Trinajstić information content (AvgIpc) is 2.65. The van der Waals surface area contributed by atoms with Gasteiger partial charge in [0.2, 0.25) is 5.95 Å². The van der Waals surface area contributed by atoms with Crippen molar-refractivity contribution in [3.63, 3.8) is 0 Å². The molecule has 0 fully saturated rings. The molecule has 2 amide bonds. The fourth-order valence-corrected chi connectivity index (χ4v) is 2.24. The molecule has 3 N–H and O–H groups in total. The fraction of sp³-hybridized carbons (Fsp3) is 0.353. The van der Waals surface area contributed by atoms with Crippen molar-refractivity contribution in [2.45, 2.75) is 13.0 Å². The lowest BCUT2D eigenvalue weighted by atomic mass is 10.1. The van der Waals surface area contributed by atoms with Gasteiger partial charge in [0.25, 0.3) is 0 Å². The predicted molar refractivity (Wildman–Crippen MR) is 95.0 cm³/mol. The number of amides is 2. The van der Waals surface area contributed by atoms with Crippen molar-refractivity contribution in [3.8, 4) is 11.5 Å². The maximum Gasteiger partial charge on any atom is 0.315 e. The van der Waals surface area contributed by atoms with E-state index in [0.717, 1.165) is 5.56 Å². The number of hydrogen-bond donors (Lipinski definition) is 3. The second-order valence-electron chi connectivity index (χ2n) is 5.23. The molecule has 0 aliphatic heterocycles. The Hall–Kier alpha value is -3.03. The summed E-state index contributed by atoms with van der Waals surface area (Å²) in [6.07, 6.45) is 3.30. The zero-order valence-corrected chi connectivity index (χ0v) is 14.6. The first-order chi connectivity index (χ1) is 12.1. The number of methoxy groups -OCH3 is 2. The maximum atomic E-state index is 12.0. The fourth-order valence-electron chi connectivity index (χ4n) is 2.24. The molecule has 134 valence electrons. The van der Waals surface area contributed by atoms with Crippen LogP contribution >= 0.6 is 0 Å². The van der Waals surface area contributed by atoms with Crippen molar-refractivity contribution >= 4 is 12.0 Å². The lowest BCUT2D eigenvalue weighted by Gasteiger charge is -2.18. The maximum absolute atomic E-state index is 12.0. The van der Waals surface area contributed by atoms with E-state index in [1.54, 1.807) is 38.7 Å². The van der Waals surface area contributed by atoms with Gasteiger partial charge in [0.05, 0.1) is 20.3 Å². The van der Waals surface area contributed by atoms with Crippen LogP contribution in [0.2, 0.25) is 0 Å². The van der Waals surface area contributed by atoms with Crippen LogP contribution in [0.1, 0.15) is 18.5 Å². The average molecular weight is 345 g/mol. The van der Waals surface area contributed by atoms with Crippen LogP contribution in [-0.2, 0) is 0 Å². The highest BCUT2D eigenvalue weighted by molar-refractivity contribution is 5.74. The predicted octanol–water partition coefficient (Wildman–Crippen LogP) is 1.97. The Bertz CT molecular complexity index is 681. The van der Waals surface area contributed by atoms with Crippen LogP contribution in [0.15, 0.2) is 36.7 Å². The van der Waals surface area contributed by atoms with E-state index in [4.69, 9.17) is 9.47 Å². The molecule has 0 radical (unpaired) electrons. The topological polar surface area (TPSA) is 97.4 Å². The number of benzene rings is 1. The summed E-state index contributed by atoms with van der Waals surface area (Å²) >= 11 is 0. The molecular formula is C17H23N5O3. The molecule has 0 bridgehead atoms. The SMILES string of the molecule is COc1ccc([C@H](C)NC(=O)NCCNc2ncccn2)c(OC)c1. The number of ether oxygens (including phenoxy) is 2. The molecule has 0 spiro atoms. The van der Waals surface area contributed by atoms with Crippen molar-refractivity contribution < 1.29 is 14.3 Å². The lowest BCUT2D eigenvalue weighted by molar-refractivity contribution is 0.238. The quantitative estimate of drug-likeness (QED) is 0.633. The number of anilines is 1. The summed E-state index contributed by atoms with van der Waals surface area (Å²) in [6, 6.07) is 6.75. The summed E-state index contributed by atoms with van der Waals surface area (Å²) in [4.78, 5) is 20.1. The van der Waals surface area contributed by atoms with Gasteiger partial charge in [0, 0.05) is 37.1 Å². The van der Waals surface area contributed by atoms with E-state index >= 15 is 0 Å². The Labute approximate surface area is 147 Å². The van der Waals surface area contributed by atoms with Gasteiger partial charge in [0.1, 0.15) is 11.5 Å². The molecule has 25 heavy (non-hydrogen) atoms. The van der Waals surface area contributed by atoms with Crippen molar-refractivity contribution in [2.75, 3.05) is 32.6 Å². The summed E-state index contributed by atoms with van der Waals surface area (Å²) in [5.41, 5.74) is 0.870. The molecule has 0 saturated heterocycles. The van der Waals surface area contributed by atoms with E-state index in [0.29, 0.717) is 30.5 Å². The van der Waals surface area contributed by atoms with Crippen LogP contribution in [0.5, 0.6) is 11.5 Å². The van der Waals surface area contributed by atoms with Crippen LogP contribution in [-0.4, -0.2) is 43.3 Å². The van der Waals surface area contributed by atoms with E-state index in [9.17, 15) is 4.79 Å². The first kappa shape index (κ1) is 18.3. The third-order valence-corrected chi connectivity index (χ3v) is 3.51. The molecule has 8 nitrogen and oxygen atoms in total. The van der Waals surface area contributed by atoms with Crippen molar-refractivity contribution in [2.24, 2.45) is 0 Å². The Morgan fingerprint density at radius 3 is 2.60 bits per heavy atom. The van der Waals surface area contributed by atoms with E-state index in [2.05, 4.69) is 25.9 Å². The number of aromatic nitrogens is 2. The van der Waals surface area contributed by atoms with Crippen molar-refractivity contribution in [3.05, 3.63) is 42.2 Å². The number of hydrogen-bond acceptors (Lipinski definition) is 6. The largest absolute Gasteiger partial charge is 0.497 e. The highest BCUT2D eigenvalue weighted by atomic mass is 16.5. The molecule has 0 aliphatic rings. The second kappa shape index (κ2) is 9.31. The monoisotopic (exact) mass is 345 g/mol. The van der Waals surface area contributed by atoms with Gasteiger partial charge in [-0.2, -0.15) is 0 Å². The molecular weight excluding hydrogens is 322 g/mol. The second-order valence-corrected chi connectivity index (χ2v) is 5.23. The number of carbonyl (C=O) groups excluding carboxylic acids is 1. The number of rotatable bonds is 8. The molecule has 0 unspecified atom stereocenters. The highest BCUT2D eigenvalue weighted by Crippen LogP contribution is 2.29. The van der Waals surface area contributed by atoms with Gasteiger partial charge in [-0.1, -0.05) is 0 Å². The van der Waals surface area contributed by atoms with E-state index in [-0.39, 0.29) is 12.1 Å². The summed E-state index contributed by atoms with van der Waals surface area (Å²) in [5, 5.41) is 8.67. The summed E-state index contributed by atoms with van der Waals surface area (Å²) in [5.74, 6) is 1.89. The number of nitrogens with one attached hydrogen (secondary N) is 3. The first-order valence-electron chi connectivity index (χ1n) is 7.91. The Morgan fingerprint density at radius 2 is 1.92 bits per heavy atom. The van der Waals surface area contributed by atoms with Crippen molar-refractivity contribution in [1.29, 1.82) is 0 Å². The highest BCUT2D eigenvalue weighted by Gasteiger charge is 2.14. The summed E-state index contributed by atoms with van der Waals surface area (Å²) < 4.78 is 10.5. The van der Waals surface area contributed by atoms with Gasteiger partial charge in [-0.05, 0) is 25.1 Å². The van der Waals surface area contributed by atoms with E-state index < -0.39 is 0 Å². The van der Waals surface area contributed by atoms with Crippen LogP contribution in [0.4, 0.5) is 10.7 Å². The van der Waals surface area contributed by atoms with Gasteiger partial charge in [-0.3, -0.25) is 0 Å². The summed E-state index contributed by atoms with van der Waals surface area (Å²) in [7, 11) is 3.18. The first-order valence-corrected chi connectivity index (χ1v) is 7.91. The third-order valence-electron chi connectivity index (χ3n) is 3.51. The molecule has 2 aromatic rings. The number of carbonyl (C=O) groups is 1. The molecule has 1 atom stereocenters. The Balaban J connectivity index is 1.79.